The van der Waals surface area contributed by atoms with E-state index in [2.05, 4.69) is 46.7 Å². The molecule has 2 rings (SSSR count). The summed E-state index contributed by atoms with van der Waals surface area (Å²) in [5, 5.41) is 3.08. The van der Waals surface area contributed by atoms with Crippen LogP contribution in [0, 0.1) is 0 Å². The lowest BCUT2D eigenvalue weighted by molar-refractivity contribution is 0.922. The zero-order valence-corrected chi connectivity index (χ0v) is 9.93. The molecular weight excluding hydrogens is 208 g/mol. The Kier molecular flexibility index (Phi) is 4.05. The number of nitrogens with zero attached hydrogens (tertiary/aromatic N) is 1. The first kappa shape index (κ1) is 11.6. The first-order chi connectivity index (χ1) is 8.40. The third kappa shape index (κ3) is 3.26. The molecule has 2 aromatic rings. The predicted octanol–water partition coefficient (Wildman–Crippen LogP) is 2.98. The Morgan fingerprint density at radius 1 is 1.12 bits per heavy atom. The fraction of sp³-hybridized carbons (Fsp3) is 0.133. The summed E-state index contributed by atoms with van der Waals surface area (Å²) >= 11 is 0. The van der Waals surface area contributed by atoms with Crippen LogP contribution < -0.4 is 5.32 Å². The number of pyridine rings is 1. The zero-order valence-electron chi connectivity index (χ0n) is 9.93. The molecule has 1 heterocycles. The molecular formula is C15H16N2. The van der Waals surface area contributed by atoms with Crippen molar-refractivity contribution in [3.05, 3.63) is 60.3 Å². The van der Waals surface area contributed by atoms with E-state index in [1.165, 1.54) is 5.56 Å². The number of nitrogens with one attached hydrogen (secondary N) is 1. The summed E-state index contributed by atoms with van der Waals surface area (Å²) in [6.07, 6.45) is 6.03. The molecule has 1 aromatic heterocycles. The van der Waals surface area contributed by atoms with Crippen molar-refractivity contribution in [2.45, 2.75) is 0 Å². The van der Waals surface area contributed by atoms with E-state index in [9.17, 15) is 0 Å². The lowest BCUT2D eigenvalue weighted by atomic mass is 10.1. The van der Waals surface area contributed by atoms with Gasteiger partial charge < -0.3 is 5.32 Å². The first-order valence-corrected chi connectivity index (χ1v) is 5.73. The highest BCUT2D eigenvalue weighted by atomic mass is 14.8. The van der Waals surface area contributed by atoms with Gasteiger partial charge in [0.1, 0.15) is 0 Å². The van der Waals surface area contributed by atoms with Crippen LogP contribution in [0.1, 0.15) is 5.56 Å². The van der Waals surface area contributed by atoms with E-state index in [1.54, 1.807) is 0 Å². The van der Waals surface area contributed by atoms with Crippen molar-refractivity contribution in [1.29, 1.82) is 0 Å². The maximum atomic E-state index is 4.33. The Morgan fingerprint density at radius 2 is 1.94 bits per heavy atom. The third-order valence-electron chi connectivity index (χ3n) is 2.50. The lowest BCUT2D eigenvalue weighted by Crippen LogP contribution is -2.03. The van der Waals surface area contributed by atoms with E-state index >= 15 is 0 Å². The van der Waals surface area contributed by atoms with Gasteiger partial charge in [-0.3, -0.25) is 4.98 Å². The predicted molar refractivity (Wildman–Crippen MR) is 72.6 cm³/mol. The molecule has 0 fully saturated rings. The molecule has 17 heavy (non-hydrogen) atoms. The second-order valence-corrected chi connectivity index (χ2v) is 3.80. The fourth-order valence-electron chi connectivity index (χ4n) is 1.61. The third-order valence-corrected chi connectivity index (χ3v) is 2.50. The van der Waals surface area contributed by atoms with E-state index in [-0.39, 0.29) is 0 Å². The van der Waals surface area contributed by atoms with Crippen LogP contribution in [-0.4, -0.2) is 18.6 Å². The smallest absolute Gasteiger partial charge is 0.0701 e. The van der Waals surface area contributed by atoms with Gasteiger partial charge >= 0.3 is 0 Å². The van der Waals surface area contributed by atoms with Gasteiger partial charge in [0.2, 0.25) is 0 Å². The van der Waals surface area contributed by atoms with Gasteiger partial charge in [-0.1, -0.05) is 42.5 Å². The molecule has 0 saturated heterocycles. The van der Waals surface area contributed by atoms with E-state index in [0.29, 0.717) is 0 Å². The molecule has 2 nitrogen and oxygen atoms in total. The number of likely N-dealkylation sites (N-methyl/N-ethyl adjacent to an activating group) is 1. The van der Waals surface area contributed by atoms with Gasteiger partial charge in [0.05, 0.1) is 5.69 Å². The van der Waals surface area contributed by atoms with Crippen molar-refractivity contribution in [2.75, 3.05) is 13.6 Å². The molecule has 0 amide bonds. The van der Waals surface area contributed by atoms with Gasteiger partial charge in [-0.25, -0.2) is 0 Å². The standard InChI is InChI=1S/C15H16N2/c1-16-11-4-5-13-7-9-14(10-8-13)15-6-2-3-12-17-15/h2-10,12,16H,11H2,1H3. The molecule has 86 valence electrons. The van der Waals surface area contributed by atoms with Gasteiger partial charge in [-0.2, -0.15) is 0 Å². The van der Waals surface area contributed by atoms with E-state index in [1.807, 2.05) is 31.4 Å². The summed E-state index contributed by atoms with van der Waals surface area (Å²) in [7, 11) is 1.94. The van der Waals surface area contributed by atoms with E-state index < -0.39 is 0 Å². The minimum absolute atomic E-state index is 0.891. The van der Waals surface area contributed by atoms with Crippen molar-refractivity contribution < 1.29 is 0 Å². The molecule has 0 aliphatic carbocycles. The first-order valence-electron chi connectivity index (χ1n) is 5.73. The highest BCUT2D eigenvalue weighted by molar-refractivity contribution is 5.62. The van der Waals surface area contributed by atoms with Crippen LogP contribution >= 0.6 is 0 Å². The van der Waals surface area contributed by atoms with E-state index in [0.717, 1.165) is 17.8 Å². The Labute approximate surface area is 102 Å². The molecule has 2 heteroatoms. The largest absolute Gasteiger partial charge is 0.316 e. The summed E-state index contributed by atoms with van der Waals surface area (Å²) in [5.41, 5.74) is 3.37. The zero-order chi connectivity index (χ0) is 11.9. The maximum absolute atomic E-state index is 4.33. The highest BCUT2D eigenvalue weighted by Gasteiger charge is 1.96. The fourth-order valence-corrected chi connectivity index (χ4v) is 1.61. The summed E-state index contributed by atoms with van der Waals surface area (Å²) in [5.74, 6) is 0. The average molecular weight is 224 g/mol. The Hall–Kier alpha value is -1.93. The monoisotopic (exact) mass is 224 g/mol. The number of hydrogen-bond donors (Lipinski definition) is 1. The van der Waals surface area contributed by atoms with Crippen LogP contribution in [0.4, 0.5) is 0 Å². The number of rotatable bonds is 4. The second kappa shape index (κ2) is 5.97. The maximum Gasteiger partial charge on any atom is 0.0701 e. The van der Waals surface area contributed by atoms with Gasteiger partial charge in [0.15, 0.2) is 0 Å². The van der Waals surface area contributed by atoms with Crippen molar-refractivity contribution >= 4 is 6.08 Å². The van der Waals surface area contributed by atoms with Crippen LogP contribution in [0.2, 0.25) is 0 Å². The molecule has 0 aliphatic heterocycles. The van der Waals surface area contributed by atoms with Crippen LogP contribution in [0.25, 0.3) is 17.3 Å². The molecule has 0 bridgehead atoms. The Morgan fingerprint density at radius 3 is 2.59 bits per heavy atom. The minimum Gasteiger partial charge on any atom is -0.316 e. The number of benzene rings is 1. The molecule has 1 aromatic carbocycles. The van der Waals surface area contributed by atoms with E-state index in [4.69, 9.17) is 0 Å². The van der Waals surface area contributed by atoms with Crippen molar-refractivity contribution in [3.8, 4) is 11.3 Å². The summed E-state index contributed by atoms with van der Waals surface area (Å²) < 4.78 is 0. The quantitative estimate of drug-likeness (QED) is 0.863. The lowest BCUT2D eigenvalue weighted by Gasteiger charge is -2.00. The normalized spacial score (nSPS) is 10.9. The minimum atomic E-state index is 0.891. The van der Waals surface area contributed by atoms with Gasteiger partial charge in [-0.15, -0.1) is 0 Å². The van der Waals surface area contributed by atoms with Gasteiger partial charge in [-0.05, 0) is 24.7 Å². The number of aromatic nitrogens is 1. The Balaban J connectivity index is 2.13. The van der Waals surface area contributed by atoms with Crippen LogP contribution in [0.5, 0.6) is 0 Å². The van der Waals surface area contributed by atoms with Crippen molar-refractivity contribution in [2.24, 2.45) is 0 Å². The highest BCUT2D eigenvalue weighted by Crippen LogP contribution is 2.17. The second-order valence-electron chi connectivity index (χ2n) is 3.80. The van der Waals surface area contributed by atoms with Crippen molar-refractivity contribution in [1.82, 2.24) is 10.3 Å². The summed E-state index contributed by atoms with van der Waals surface area (Å²) in [4.78, 5) is 4.33. The molecule has 0 unspecified atom stereocenters. The molecule has 1 N–H and O–H groups in total. The van der Waals surface area contributed by atoms with Gasteiger partial charge in [0, 0.05) is 18.3 Å². The molecule has 0 spiro atoms. The molecule has 0 saturated carbocycles. The van der Waals surface area contributed by atoms with Crippen LogP contribution in [0.15, 0.2) is 54.7 Å². The molecule has 0 atom stereocenters. The van der Waals surface area contributed by atoms with Crippen LogP contribution in [0.3, 0.4) is 0 Å². The number of hydrogen-bond acceptors (Lipinski definition) is 2. The SMILES string of the molecule is CNCC=Cc1ccc(-c2ccccn2)cc1. The average Bonchev–Trinajstić information content (AvgIpc) is 2.41. The topological polar surface area (TPSA) is 24.9 Å². The Bertz CT molecular complexity index is 472. The molecule has 0 aliphatic rings. The molecule has 0 radical (unpaired) electrons. The summed E-state index contributed by atoms with van der Waals surface area (Å²) in [6, 6.07) is 14.4. The van der Waals surface area contributed by atoms with Gasteiger partial charge in [0.25, 0.3) is 0 Å². The summed E-state index contributed by atoms with van der Waals surface area (Å²) in [6.45, 7) is 0.891. The van der Waals surface area contributed by atoms with Crippen molar-refractivity contribution in [3.63, 3.8) is 0 Å². The van der Waals surface area contributed by atoms with Crippen LogP contribution in [-0.2, 0) is 0 Å².